The second kappa shape index (κ2) is 7.86. The maximum atomic E-state index is 9.17. The summed E-state index contributed by atoms with van der Waals surface area (Å²) >= 11 is 1.47. The first kappa shape index (κ1) is 18.1. The molecule has 1 aromatic carbocycles. The highest BCUT2D eigenvalue weighted by molar-refractivity contribution is 7.99. The average Bonchev–Trinajstić information content (AvgIpc) is 2.43. The number of hydrogen-bond donors (Lipinski definition) is 2. The number of rotatable bonds is 2. The first-order valence-electron chi connectivity index (χ1n) is 5.89. The largest absolute Gasteiger partial charge is 0.394 e. The van der Waals surface area contributed by atoms with E-state index in [-0.39, 0.29) is 0 Å². The molecule has 0 aliphatic rings. The Kier molecular flexibility index (Phi) is 6.45. The number of aryl methyl sites for hydroxylation is 1. The second-order valence-electron chi connectivity index (χ2n) is 4.07. The molecule has 1 heterocycles. The van der Waals surface area contributed by atoms with Crippen LogP contribution in [0.3, 0.4) is 0 Å². The lowest BCUT2D eigenvalue weighted by Gasteiger charge is -2.06. The fraction of sp³-hybridized carbons (Fsp3) is 0.154. The van der Waals surface area contributed by atoms with E-state index in [0.717, 1.165) is 16.2 Å². The predicted molar refractivity (Wildman–Crippen MR) is 81.0 cm³/mol. The van der Waals surface area contributed by atoms with Crippen LogP contribution in [-0.4, -0.2) is 27.7 Å². The van der Waals surface area contributed by atoms with Crippen molar-refractivity contribution in [1.29, 1.82) is 5.26 Å². The highest BCUT2D eigenvalue weighted by Crippen LogP contribution is 2.29. The minimum absolute atomic E-state index is 0.617. The van der Waals surface area contributed by atoms with Crippen molar-refractivity contribution in [2.24, 2.45) is 0 Å². The van der Waals surface area contributed by atoms with Crippen molar-refractivity contribution in [1.82, 2.24) is 10.2 Å². The third kappa shape index (κ3) is 6.19. The number of nitriles is 1. The summed E-state index contributed by atoms with van der Waals surface area (Å²) in [7, 11) is -4.67. The van der Waals surface area contributed by atoms with Gasteiger partial charge in [-0.2, -0.15) is 18.8 Å². The van der Waals surface area contributed by atoms with Gasteiger partial charge in [0.1, 0.15) is 11.1 Å². The van der Waals surface area contributed by atoms with E-state index in [0.29, 0.717) is 10.6 Å². The second-order valence-corrected chi connectivity index (χ2v) is 6.02. The Morgan fingerprint density at radius 1 is 1.14 bits per heavy atom. The molecule has 0 amide bonds. The van der Waals surface area contributed by atoms with E-state index in [1.807, 2.05) is 44.2 Å². The Labute approximate surface area is 132 Å². The minimum Gasteiger partial charge on any atom is -0.264 e. The predicted octanol–water partition coefficient (Wildman–Crippen LogP) is 2.46. The molecule has 7 nitrogen and oxygen atoms in total. The van der Waals surface area contributed by atoms with E-state index in [2.05, 4.69) is 16.3 Å². The van der Waals surface area contributed by atoms with Gasteiger partial charge in [0.15, 0.2) is 0 Å². The lowest BCUT2D eigenvalue weighted by molar-refractivity contribution is 0.381. The summed E-state index contributed by atoms with van der Waals surface area (Å²) in [5, 5.41) is 18.0. The maximum absolute atomic E-state index is 9.17. The Balaban J connectivity index is 0.000000422. The van der Waals surface area contributed by atoms with Gasteiger partial charge in [-0.3, -0.25) is 9.11 Å². The summed E-state index contributed by atoms with van der Waals surface area (Å²) in [6, 6.07) is 12.1. The van der Waals surface area contributed by atoms with Crippen molar-refractivity contribution in [3.05, 3.63) is 47.2 Å². The van der Waals surface area contributed by atoms with E-state index in [1.54, 1.807) is 0 Å². The van der Waals surface area contributed by atoms with E-state index in [9.17, 15) is 5.26 Å². The van der Waals surface area contributed by atoms with Crippen molar-refractivity contribution in [3.63, 3.8) is 0 Å². The molecule has 0 unspecified atom stereocenters. The van der Waals surface area contributed by atoms with Gasteiger partial charge in [-0.05, 0) is 31.5 Å². The van der Waals surface area contributed by atoms with Crippen LogP contribution in [0.2, 0.25) is 0 Å². The molecule has 0 saturated carbocycles. The van der Waals surface area contributed by atoms with Crippen LogP contribution in [0.1, 0.15) is 16.8 Å². The summed E-state index contributed by atoms with van der Waals surface area (Å²) in [6.07, 6.45) is 0. The van der Waals surface area contributed by atoms with Gasteiger partial charge in [0.05, 0.1) is 11.3 Å². The quantitative estimate of drug-likeness (QED) is 0.799. The summed E-state index contributed by atoms with van der Waals surface area (Å²) in [5.41, 5.74) is 2.33. The molecule has 2 N–H and O–H groups in total. The van der Waals surface area contributed by atoms with Crippen LogP contribution in [0.4, 0.5) is 0 Å². The van der Waals surface area contributed by atoms with Gasteiger partial charge in [-0.25, -0.2) is 0 Å². The molecule has 22 heavy (non-hydrogen) atoms. The van der Waals surface area contributed by atoms with Crippen LogP contribution in [-0.2, 0) is 10.4 Å². The van der Waals surface area contributed by atoms with Crippen LogP contribution in [0, 0.1) is 25.2 Å². The Bertz CT molecular complexity index is 779. The van der Waals surface area contributed by atoms with E-state index < -0.39 is 10.4 Å². The summed E-state index contributed by atoms with van der Waals surface area (Å²) < 4.78 is 31.6. The summed E-state index contributed by atoms with van der Waals surface area (Å²) in [4.78, 5) is 1.06. The first-order valence-corrected chi connectivity index (χ1v) is 8.10. The van der Waals surface area contributed by atoms with Gasteiger partial charge in [-0.1, -0.05) is 30.0 Å². The van der Waals surface area contributed by atoms with Crippen LogP contribution >= 0.6 is 11.8 Å². The molecular weight excluding hydrogens is 326 g/mol. The molecule has 0 bridgehead atoms. The normalized spacial score (nSPS) is 10.3. The van der Waals surface area contributed by atoms with Gasteiger partial charge in [0.25, 0.3) is 0 Å². The fourth-order valence-electron chi connectivity index (χ4n) is 1.39. The molecular formula is C13H13N3O4S2. The first-order chi connectivity index (χ1) is 10.2. The Hall–Kier alpha value is -1.99. The highest BCUT2D eigenvalue weighted by Gasteiger charge is 2.11. The fourth-order valence-corrected chi connectivity index (χ4v) is 2.29. The molecule has 0 radical (unpaired) electrons. The summed E-state index contributed by atoms with van der Waals surface area (Å²) in [6.45, 7) is 3.76. The van der Waals surface area contributed by atoms with Gasteiger partial charge in [0.2, 0.25) is 0 Å². The van der Waals surface area contributed by atoms with Crippen LogP contribution < -0.4 is 0 Å². The van der Waals surface area contributed by atoms with Crippen molar-refractivity contribution >= 4 is 22.2 Å². The smallest absolute Gasteiger partial charge is 0.264 e. The standard InChI is InChI=1S/C13H11N3S.H2O4S/c1-9-10(2)15-16-13(12(9)8-14)17-11-6-4-3-5-7-11;1-5(2,3)4/h3-7H,1-2H3;(H2,1,2,3,4). The molecule has 0 fully saturated rings. The van der Waals surface area contributed by atoms with Crippen molar-refractivity contribution in [2.45, 2.75) is 23.8 Å². The van der Waals surface area contributed by atoms with Crippen LogP contribution in [0.25, 0.3) is 0 Å². The number of benzene rings is 1. The topological polar surface area (TPSA) is 124 Å². The number of hydrogen-bond acceptors (Lipinski definition) is 6. The van der Waals surface area contributed by atoms with E-state index >= 15 is 0 Å². The zero-order valence-electron chi connectivity index (χ0n) is 11.8. The molecule has 0 atom stereocenters. The number of aromatic nitrogens is 2. The summed E-state index contributed by atoms with van der Waals surface area (Å²) in [5.74, 6) is 0. The van der Waals surface area contributed by atoms with Crippen LogP contribution in [0.15, 0.2) is 40.3 Å². The van der Waals surface area contributed by atoms with Gasteiger partial charge < -0.3 is 0 Å². The highest BCUT2D eigenvalue weighted by atomic mass is 32.3. The molecule has 2 aromatic rings. The molecule has 0 aliphatic carbocycles. The SMILES string of the molecule is Cc1nnc(Sc2ccccc2)c(C#N)c1C.O=S(=O)(O)O. The molecule has 0 spiro atoms. The number of nitrogens with zero attached hydrogens (tertiary/aromatic N) is 3. The molecule has 116 valence electrons. The lowest BCUT2D eigenvalue weighted by Crippen LogP contribution is -1.98. The Morgan fingerprint density at radius 2 is 1.68 bits per heavy atom. The van der Waals surface area contributed by atoms with Crippen molar-refractivity contribution in [2.75, 3.05) is 0 Å². The van der Waals surface area contributed by atoms with Gasteiger partial charge in [0, 0.05) is 4.90 Å². The Morgan fingerprint density at radius 3 is 2.18 bits per heavy atom. The third-order valence-corrected chi connectivity index (χ3v) is 3.48. The zero-order chi connectivity index (χ0) is 16.8. The molecule has 0 saturated heterocycles. The lowest BCUT2D eigenvalue weighted by atomic mass is 10.1. The van der Waals surface area contributed by atoms with Gasteiger partial charge in [-0.15, -0.1) is 5.10 Å². The molecule has 2 rings (SSSR count). The van der Waals surface area contributed by atoms with Crippen LogP contribution in [0.5, 0.6) is 0 Å². The van der Waals surface area contributed by atoms with E-state index in [1.165, 1.54) is 11.8 Å². The average molecular weight is 339 g/mol. The maximum Gasteiger partial charge on any atom is 0.394 e. The third-order valence-electron chi connectivity index (χ3n) is 2.49. The minimum atomic E-state index is -4.67. The molecule has 9 heteroatoms. The van der Waals surface area contributed by atoms with Gasteiger partial charge >= 0.3 is 10.4 Å². The molecule has 1 aromatic heterocycles. The molecule has 0 aliphatic heterocycles. The van der Waals surface area contributed by atoms with Crippen molar-refractivity contribution in [3.8, 4) is 6.07 Å². The monoisotopic (exact) mass is 339 g/mol. The van der Waals surface area contributed by atoms with Crippen molar-refractivity contribution < 1.29 is 17.5 Å². The van der Waals surface area contributed by atoms with E-state index in [4.69, 9.17) is 17.5 Å². The zero-order valence-corrected chi connectivity index (χ0v) is 13.4.